The van der Waals surface area contributed by atoms with Gasteiger partial charge in [0.2, 0.25) is 5.95 Å². The molecule has 6 nitrogen and oxygen atoms in total. The number of hydrogen-bond donors (Lipinski definition) is 0. The van der Waals surface area contributed by atoms with Gasteiger partial charge in [0.05, 0.1) is 5.69 Å². The maximum absolute atomic E-state index is 13.7. The van der Waals surface area contributed by atoms with Crippen LogP contribution in [0.1, 0.15) is 67.5 Å². The molecule has 0 aromatic carbocycles. The van der Waals surface area contributed by atoms with Crippen LogP contribution in [-0.4, -0.2) is 57.1 Å². The first kappa shape index (κ1) is 25.7. The molecule has 3 heterocycles. The summed E-state index contributed by atoms with van der Waals surface area (Å²) in [5.41, 5.74) is 1.46. The Hall–Kier alpha value is -1.94. The molecule has 198 valence electrons. The second kappa shape index (κ2) is 10.8. The Balaban J connectivity index is 0.990. The SMILES string of the molecule is Cn1cc(CC(=O)CC2CCC(CCN3CCc4nc(OC5CC(F)(F)C5)sc4CC3)CC2)c(F)n1. The number of alkyl halides is 2. The van der Waals surface area contributed by atoms with Crippen LogP contribution in [0.2, 0.25) is 0 Å². The average Bonchev–Trinajstić information content (AvgIpc) is 3.27. The van der Waals surface area contributed by atoms with Crippen LogP contribution in [0.4, 0.5) is 13.2 Å². The van der Waals surface area contributed by atoms with Crippen molar-refractivity contribution in [2.24, 2.45) is 18.9 Å². The molecule has 10 heteroatoms. The Labute approximate surface area is 214 Å². The van der Waals surface area contributed by atoms with E-state index in [1.165, 1.54) is 27.3 Å². The van der Waals surface area contributed by atoms with E-state index in [4.69, 9.17) is 4.74 Å². The third-order valence-electron chi connectivity index (χ3n) is 7.98. The van der Waals surface area contributed by atoms with E-state index in [2.05, 4.69) is 15.0 Å². The lowest BCUT2D eigenvalue weighted by atomic mass is 9.78. The fraction of sp³-hybridized carbons (Fsp3) is 0.731. The molecule has 2 aliphatic carbocycles. The van der Waals surface area contributed by atoms with Gasteiger partial charge in [0.1, 0.15) is 11.9 Å². The van der Waals surface area contributed by atoms with Crippen molar-refractivity contribution in [3.05, 3.63) is 28.3 Å². The summed E-state index contributed by atoms with van der Waals surface area (Å²) in [5.74, 6) is -1.89. The van der Waals surface area contributed by atoms with Crippen molar-refractivity contribution < 1.29 is 22.7 Å². The van der Waals surface area contributed by atoms with E-state index in [-0.39, 0.29) is 25.0 Å². The standard InChI is InChI=1S/C26H35F3N4O2S/c1-32-16-19(24(27)31-32)13-20(34)12-18-4-2-17(3-5-18)6-9-33-10-7-22-23(8-11-33)36-25(30-22)35-21-14-26(28,29)15-21/h16-18,21H,2-15H2,1H3. The number of carbonyl (C=O) groups is 1. The molecule has 2 fully saturated rings. The lowest BCUT2D eigenvalue weighted by Gasteiger charge is -2.33. The number of halogens is 3. The van der Waals surface area contributed by atoms with Gasteiger partial charge in [-0.15, -0.1) is 5.10 Å². The molecule has 0 unspecified atom stereocenters. The summed E-state index contributed by atoms with van der Waals surface area (Å²) in [6.07, 6.45) is 8.91. The normalized spacial score (nSPS) is 24.7. The summed E-state index contributed by atoms with van der Waals surface area (Å²) < 4.78 is 46.9. The van der Waals surface area contributed by atoms with Crippen LogP contribution < -0.4 is 4.74 Å². The Morgan fingerprint density at radius 1 is 1.17 bits per heavy atom. The summed E-state index contributed by atoms with van der Waals surface area (Å²) in [5, 5.41) is 4.23. The van der Waals surface area contributed by atoms with Gasteiger partial charge < -0.3 is 9.64 Å². The molecule has 0 bridgehead atoms. The molecule has 1 aliphatic heterocycles. The number of aryl methyl sites for hydroxylation is 1. The van der Waals surface area contributed by atoms with E-state index in [0.29, 0.717) is 29.0 Å². The largest absolute Gasteiger partial charge is 0.466 e. The van der Waals surface area contributed by atoms with Crippen molar-refractivity contribution in [2.75, 3.05) is 19.6 Å². The minimum Gasteiger partial charge on any atom is -0.466 e. The second-order valence-electron chi connectivity index (χ2n) is 10.9. The molecule has 2 aromatic heterocycles. The summed E-state index contributed by atoms with van der Waals surface area (Å²) in [6, 6.07) is 0. The average molecular weight is 525 g/mol. The van der Waals surface area contributed by atoms with Gasteiger partial charge in [-0.1, -0.05) is 24.2 Å². The molecule has 2 aromatic rings. The number of carbonyl (C=O) groups excluding carboxylic acids is 1. The van der Waals surface area contributed by atoms with Crippen LogP contribution >= 0.6 is 11.3 Å². The first-order chi connectivity index (χ1) is 17.2. The van der Waals surface area contributed by atoms with E-state index >= 15 is 0 Å². The zero-order valence-corrected chi connectivity index (χ0v) is 21.7. The highest BCUT2D eigenvalue weighted by Gasteiger charge is 2.47. The number of ketones is 1. The smallest absolute Gasteiger partial charge is 0.273 e. The summed E-state index contributed by atoms with van der Waals surface area (Å²) >= 11 is 1.52. The molecule has 5 rings (SSSR count). The van der Waals surface area contributed by atoms with E-state index < -0.39 is 18.0 Å². The van der Waals surface area contributed by atoms with E-state index in [9.17, 15) is 18.0 Å². The van der Waals surface area contributed by atoms with Crippen molar-refractivity contribution in [3.8, 4) is 5.19 Å². The maximum Gasteiger partial charge on any atom is 0.273 e. The number of hydrogen-bond acceptors (Lipinski definition) is 6. The second-order valence-corrected chi connectivity index (χ2v) is 12.0. The number of Topliss-reactive ketones (excluding diaryl/α,β-unsaturated/α-hetero) is 1. The Bertz CT molecular complexity index is 1030. The number of aromatic nitrogens is 3. The number of fused-ring (bicyclic) bond motifs is 1. The van der Waals surface area contributed by atoms with Crippen LogP contribution in [0.25, 0.3) is 0 Å². The summed E-state index contributed by atoms with van der Waals surface area (Å²) in [7, 11) is 1.66. The topological polar surface area (TPSA) is 60.2 Å². The van der Waals surface area contributed by atoms with Gasteiger partial charge in [0.15, 0.2) is 0 Å². The number of rotatable bonds is 9. The van der Waals surface area contributed by atoms with Gasteiger partial charge in [-0.3, -0.25) is 9.48 Å². The van der Waals surface area contributed by atoms with Crippen LogP contribution in [-0.2, 0) is 31.1 Å². The fourth-order valence-corrected chi connectivity index (χ4v) is 6.83. The first-order valence-electron chi connectivity index (χ1n) is 13.2. The Kier molecular flexibility index (Phi) is 7.72. The van der Waals surface area contributed by atoms with E-state index in [1.54, 1.807) is 13.2 Å². The first-order valence-corrected chi connectivity index (χ1v) is 14.0. The van der Waals surface area contributed by atoms with Gasteiger partial charge in [-0.2, -0.15) is 4.39 Å². The molecule has 2 saturated carbocycles. The molecule has 0 saturated heterocycles. The molecular formula is C26H35F3N4O2S. The molecule has 36 heavy (non-hydrogen) atoms. The van der Waals surface area contributed by atoms with Crippen LogP contribution in [0.15, 0.2) is 6.20 Å². The van der Waals surface area contributed by atoms with Gasteiger partial charge in [0, 0.05) is 68.9 Å². The third-order valence-corrected chi connectivity index (χ3v) is 9.02. The predicted molar refractivity (Wildman–Crippen MR) is 131 cm³/mol. The van der Waals surface area contributed by atoms with Gasteiger partial charge in [-0.05, 0) is 44.1 Å². The van der Waals surface area contributed by atoms with E-state index in [1.807, 2.05) is 0 Å². The number of ether oxygens (including phenoxy) is 1. The highest BCUT2D eigenvalue weighted by atomic mass is 32.1. The zero-order chi connectivity index (χ0) is 25.3. The van der Waals surface area contributed by atoms with E-state index in [0.717, 1.165) is 63.9 Å². The molecular weight excluding hydrogens is 489 g/mol. The fourth-order valence-electron chi connectivity index (χ4n) is 5.82. The monoisotopic (exact) mass is 524 g/mol. The molecule has 0 spiro atoms. The van der Waals surface area contributed by atoms with Crippen molar-refractivity contribution in [1.29, 1.82) is 0 Å². The number of nitrogens with zero attached hydrogens (tertiary/aromatic N) is 4. The van der Waals surface area contributed by atoms with Gasteiger partial charge >= 0.3 is 0 Å². The van der Waals surface area contributed by atoms with Crippen molar-refractivity contribution in [3.63, 3.8) is 0 Å². The van der Waals surface area contributed by atoms with Crippen LogP contribution in [0.5, 0.6) is 5.19 Å². The van der Waals surface area contributed by atoms with Crippen molar-refractivity contribution in [1.82, 2.24) is 19.7 Å². The molecule has 0 N–H and O–H groups in total. The van der Waals surface area contributed by atoms with Crippen LogP contribution in [0, 0.1) is 17.8 Å². The zero-order valence-electron chi connectivity index (χ0n) is 20.9. The van der Waals surface area contributed by atoms with Crippen LogP contribution in [0.3, 0.4) is 0 Å². The minimum absolute atomic E-state index is 0.107. The molecule has 0 amide bonds. The quantitative estimate of drug-likeness (QED) is 0.463. The Morgan fingerprint density at radius 2 is 1.89 bits per heavy atom. The Morgan fingerprint density at radius 3 is 2.58 bits per heavy atom. The minimum atomic E-state index is -2.57. The highest BCUT2D eigenvalue weighted by molar-refractivity contribution is 7.13. The predicted octanol–water partition coefficient (Wildman–Crippen LogP) is 4.99. The van der Waals surface area contributed by atoms with Crippen molar-refractivity contribution in [2.45, 2.75) is 82.7 Å². The number of thiazole rings is 1. The lowest BCUT2D eigenvalue weighted by Crippen LogP contribution is -2.43. The molecule has 3 aliphatic rings. The lowest BCUT2D eigenvalue weighted by molar-refractivity contribution is -0.134. The molecule has 0 radical (unpaired) electrons. The maximum atomic E-state index is 13.7. The van der Waals surface area contributed by atoms with Gasteiger partial charge in [-0.25, -0.2) is 13.8 Å². The summed E-state index contributed by atoms with van der Waals surface area (Å²) in [6.45, 7) is 3.03. The van der Waals surface area contributed by atoms with Crippen molar-refractivity contribution >= 4 is 17.1 Å². The summed E-state index contributed by atoms with van der Waals surface area (Å²) in [4.78, 5) is 20.8. The van der Waals surface area contributed by atoms with Gasteiger partial charge in [0.25, 0.3) is 11.1 Å². The molecule has 0 atom stereocenters. The third kappa shape index (κ3) is 6.49. The highest BCUT2D eigenvalue weighted by Crippen LogP contribution is 2.41.